The lowest BCUT2D eigenvalue weighted by atomic mass is 10.2. The first kappa shape index (κ1) is 14.7. The minimum Gasteiger partial charge on any atom is -0.506 e. The minimum atomic E-state index is -0.498. The zero-order valence-electron chi connectivity index (χ0n) is 9.96. The fourth-order valence-electron chi connectivity index (χ4n) is 1.54. The maximum Gasteiger partial charge on any atom is 0.294 e. The zero-order chi connectivity index (χ0) is 14.7. The third kappa shape index (κ3) is 3.05. The van der Waals surface area contributed by atoms with E-state index in [1.54, 1.807) is 24.3 Å². The van der Waals surface area contributed by atoms with Gasteiger partial charge in [-0.1, -0.05) is 12.1 Å². The third-order valence-electron chi connectivity index (χ3n) is 2.53. The summed E-state index contributed by atoms with van der Waals surface area (Å²) in [5.41, 5.74) is 0.579. The van der Waals surface area contributed by atoms with Crippen LogP contribution in [0.2, 0.25) is 0 Å². The number of aliphatic imine (C=N–C) groups is 1. The first-order chi connectivity index (χ1) is 9.50. The van der Waals surface area contributed by atoms with E-state index in [1.165, 1.54) is 18.3 Å². The number of para-hydroxylation sites is 2. The summed E-state index contributed by atoms with van der Waals surface area (Å²) in [6.45, 7) is 0. The lowest BCUT2D eigenvalue weighted by molar-refractivity contribution is -0.384. The molecule has 2 aromatic carbocycles. The molecule has 0 aliphatic carbocycles. The predicted molar refractivity (Wildman–Crippen MR) is 83.9 cm³/mol. The maximum absolute atomic E-state index is 10.9. The van der Waals surface area contributed by atoms with Gasteiger partial charge in [0.25, 0.3) is 5.69 Å². The van der Waals surface area contributed by atoms with Crippen molar-refractivity contribution in [2.75, 3.05) is 0 Å². The lowest BCUT2D eigenvalue weighted by Gasteiger charge is -2.04. The monoisotopic (exact) mass is 398 g/mol. The first-order valence-corrected chi connectivity index (χ1v) is 7.03. The van der Waals surface area contributed by atoms with Crippen LogP contribution in [0, 0.1) is 10.1 Å². The molecule has 5 nitrogen and oxygen atoms in total. The summed E-state index contributed by atoms with van der Waals surface area (Å²) in [5, 5.41) is 20.8. The number of aromatic hydroxyl groups is 1. The van der Waals surface area contributed by atoms with Gasteiger partial charge in [0, 0.05) is 22.3 Å². The Balaban J connectivity index is 2.45. The van der Waals surface area contributed by atoms with E-state index in [0.717, 1.165) is 0 Å². The molecule has 7 heteroatoms. The molecule has 0 saturated carbocycles. The van der Waals surface area contributed by atoms with Crippen molar-refractivity contribution in [3.63, 3.8) is 0 Å². The highest BCUT2D eigenvalue weighted by atomic mass is 79.9. The Morgan fingerprint density at radius 2 is 1.80 bits per heavy atom. The number of benzene rings is 2. The van der Waals surface area contributed by atoms with Crippen molar-refractivity contribution in [3.05, 3.63) is 61.0 Å². The van der Waals surface area contributed by atoms with Crippen LogP contribution in [0.5, 0.6) is 5.75 Å². The normalized spacial score (nSPS) is 10.9. The molecule has 1 N–H and O–H groups in total. The van der Waals surface area contributed by atoms with Crippen molar-refractivity contribution in [1.82, 2.24) is 0 Å². The zero-order valence-corrected chi connectivity index (χ0v) is 13.1. The van der Waals surface area contributed by atoms with Crippen molar-refractivity contribution in [2.24, 2.45) is 4.99 Å². The summed E-state index contributed by atoms with van der Waals surface area (Å²) in [6.07, 6.45) is 1.38. The molecule has 0 radical (unpaired) electrons. The van der Waals surface area contributed by atoms with Crippen LogP contribution in [0.15, 0.2) is 50.3 Å². The summed E-state index contributed by atoms with van der Waals surface area (Å²) in [6, 6.07) is 9.57. The smallest absolute Gasteiger partial charge is 0.294 e. The van der Waals surface area contributed by atoms with E-state index < -0.39 is 4.92 Å². The summed E-state index contributed by atoms with van der Waals surface area (Å²) < 4.78 is 1.16. The van der Waals surface area contributed by atoms with Gasteiger partial charge < -0.3 is 5.11 Å². The van der Waals surface area contributed by atoms with Gasteiger partial charge >= 0.3 is 0 Å². The minimum absolute atomic E-state index is 0.0155. The van der Waals surface area contributed by atoms with Gasteiger partial charge in [0.15, 0.2) is 0 Å². The van der Waals surface area contributed by atoms with Gasteiger partial charge in [-0.05, 0) is 50.1 Å². The van der Waals surface area contributed by atoms with E-state index in [0.29, 0.717) is 14.5 Å². The number of hydrogen-bond acceptors (Lipinski definition) is 4. The molecule has 0 aromatic heterocycles. The van der Waals surface area contributed by atoms with E-state index in [4.69, 9.17) is 0 Å². The summed E-state index contributed by atoms with van der Waals surface area (Å²) in [7, 11) is 0. The quantitative estimate of drug-likeness (QED) is 0.466. The Morgan fingerprint density at radius 3 is 2.50 bits per heavy atom. The van der Waals surface area contributed by atoms with Crippen LogP contribution < -0.4 is 0 Å². The van der Waals surface area contributed by atoms with Crippen LogP contribution in [0.3, 0.4) is 0 Å². The fraction of sp³-hybridized carbons (Fsp3) is 0. The summed E-state index contributed by atoms with van der Waals surface area (Å²) in [4.78, 5) is 14.5. The molecule has 102 valence electrons. The highest BCUT2D eigenvalue weighted by molar-refractivity contribution is 9.11. The molecule has 2 rings (SSSR count). The third-order valence-corrected chi connectivity index (χ3v) is 3.86. The molecule has 0 fully saturated rings. The second kappa shape index (κ2) is 6.15. The molecule has 0 saturated heterocycles. The van der Waals surface area contributed by atoms with E-state index in [9.17, 15) is 15.2 Å². The largest absolute Gasteiger partial charge is 0.506 e. The van der Waals surface area contributed by atoms with Crippen LogP contribution in [-0.4, -0.2) is 16.2 Å². The van der Waals surface area contributed by atoms with Gasteiger partial charge in [-0.2, -0.15) is 0 Å². The molecule has 0 unspecified atom stereocenters. The molecule has 0 bridgehead atoms. The van der Waals surface area contributed by atoms with E-state index >= 15 is 0 Å². The Morgan fingerprint density at radius 1 is 1.15 bits per heavy atom. The number of phenols is 1. The summed E-state index contributed by atoms with van der Waals surface area (Å²) >= 11 is 6.50. The van der Waals surface area contributed by atoms with Gasteiger partial charge in [-0.25, -0.2) is 4.99 Å². The molecule has 0 aliphatic heterocycles. The molecule has 0 aliphatic rings. The van der Waals surface area contributed by atoms with Crippen molar-refractivity contribution in [3.8, 4) is 5.75 Å². The average Bonchev–Trinajstić information content (AvgIpc) is 2.43. The number of rotatable bonds is 3. The second-order valence-electron chi connectivity index (χ2n) is 3.80. The highest BCUT2D eigenvalue weighted by Gasteiger charge is 2.12. The summed E-state index contributed by atoms with van der Waals surface area (Å²) in [5.74, 6) is 0.0155. The number of nitro groups is 1. The van der Waals surface area contributed by atoms with Crippen LogP contribution in [-0.2, 0) is 0 Å². The first-order valence-electron chi connectivity index (χ1n) is 5.45. The van der Waals surface area contributed by atoms with Gasteiger partial charge in [-0.3, -0.25) is 10.1 Å². The van der Waals surface area contributed by atoms with Crippen molar-refractivity contribution >= 4 is 49.4 Å². The molecule has 2 aromatic rings. The predicted octanol–water partition coefficient (Wildman–Crippen LogP) is 4.58. The number of halogens is 2. The van der Waals surface area contributed by atoms with Gasteiger partial charge in [0.2, 0.25) is 0 Å². The number of phenolic OH excluding ortho intramolecular Hbond substituents is 1. The second-order valence-corrected chi connectivity index (χ2v) is 5.50. The Bertz CT molecular complexity index is 702. The van der Waals surface area contributed by atoms with Crippen molar-refractivity contribution in [1.29, 1.82) is 0 Å². The van der Waals surface area contributed by atoms with Gasteiger partial charge in [-0.15, -0.1) is 0 Å². The van der Waals surface area contributed by atoms with Crippen LogP contribution in [0.1, 0.15) is 5.56 Å². The van der Waals surface area contributed by atoms with Crippen molar-refractivity contribution < 1.29 is 10.0 Å². The molecule has 0 atom stereocenters. The van der Waals surface area contributed by atoms with E-state index in [2.05, 4.69) is 36.9 Å². The highest BCUT2D eigenvalue weighted by Crippen LogP contribution is 2.33. The Kier molecular flexibility index (Phi) is 4.51. The molecule has 0 spiro atoms. The molecular weight excluding hydrogens is 392 g/mol. The van der Waals surface area contributed by atoms with Crippen LogP contribution in [0.4, 0.5) is 11.4 Å². The molecule has 0 heterocycles. The van der Waals surface area contributed by atoms with Crippen LogP contribution >= 0.6 is 31.9 Å². The standard InChI is InChI=1S/C13H8Br2N2O3/c14-9-5-6-10(15)13(18)8(9)7-16-11-3-1-2-4-12(11)17(19)20/h1-7,18H. The van der Waals surface area contributed by atoms with Gasteiger partial charge in [0.05, 0.1) is 9.40 Å². The maximum atomic E-state index is 10.9. The van der Waals surface area contributed by atoms with Crippen LogP contribution in [0.25, 0.3) is 0 Å². The molecule has 20 heavy (non-hydrogen) atoms. The van der Waals surface area contributed by atoms with Gasteiger partial charge in [0.1, 0.15) is 11.4 Å². The van der Waals surface area contributed by atoms with E-state index in [-0.39, 0.29) is 17.1 Å². The number of nitrogens with zero attached hydrogens (tertiary/aromatic N) is 2. The SMILES string of the molecule is O=[N+]([O-])c1ccccc1N=Cc1c(Br)ccc(Br)c1O. The Hall–Kier alpha value is -1.73. The number of nitro benzene ring substituents is 1. The fourth-order valence-corrected chi connectivity index (χ4v) is 2.31. The number of hydrogen-bond donors (Lipinski definition) is 1. The van der Waals surface area contributed by atoms with E-state index in [1.807, 2.05) is 0 Å². The molecular formula is C13H8Br2N2O3. The lowest BCUT2D eigenvalue weighted by Crippen LogP contribution is -1.89. The topological polar surface area (TPSA) is 75.7 Å². The Labute approximate surface area is 131 Å². The average molecular weight is 400 g/mol. The van der Waals surface area contributed by atoms with Crippen molar-refractivity contribution in [2.45, 2.75) is 0 Å². The molecule has 0 amide bonds.